The molecule has 0 saturated carbocycles. The zero-order valence-electron chi connectivity index (χ0n) is 12.8. The highest BCUT2D eigenvalue weighted by atomic mass is 16.5. The van der Waals surface area contributed by atoms with Crippen molar-refractivity contribution in [1.29, 1.82) is 0 Å². The van der Waals surface area contributed by atoms with E-state index in [4.69, 9.17) is 4.74 Å². The highest BCUT2D eigenvalue weighted by molar-refractivity contribution is 6.08. The van der Waals surface area contributed by atoms with Gasteiger partial charge in [-0.2, -0.15) is 0 Å². The average molecular weight is 308 g/mol. The minimum absolute atomic E-state index is 0.123. The molecule has 0 spiro atoms. The van der Waals surface area contributed by atoms with Gasteiger partial charge in [0.1, 0.15) is 5.75 Å². The number of aryl methyl sites for hydroxylation is 1. The minimum Gasteiger partial charge on any atom is -0.496 e. The second-order valence-electron chi connectivity index (χ2n) is 5.27. The number of methoxy groups -OCH3 is 1. The van der Waals surface area contributed by atoms with Crippen LogP contribution in [0.4, 0.5) is 0 Å². The minimum atomic E-state index is -0.283. The van der Waals surface area contributed by atoms with Gasteiger partial charge in [-0.05, 0) is 54.5 Å². The smallest absolute Gasteiger partial charge is 0.323 e. The first-order valence-electron chi connectivity index (χ1n) is 7.16. The van der Waals surface area contributed by atoms with Crippen LogP contribution in [0, 0.1) is 6.92 Å². The van der Waals surface area contributed by atoms with Crippen LogP contribution in [0.25, 0.3) is 17.1 Å². The number of fused-ring (bicyclic) bond motifs is 1. The number of aromatic nitrogens is 2. The van der Waals surface area contributed by atoms with Gasteiger partial charge in [0.15, 0.2) is 5.78 Å². The first-order valence-corrected chi connectivity index (χ1v) is 7.16. The lowest BCUT2D eigenvalue weighted by atomic mass is 10.1. The molecule has 116 valence electrons. The van der Waals surface area contributed by atoms with Gasteiger partial charge in [0.05, 0.1) is 18.1 Å². The Balaban J connectivity index is 1.84. The molecule has 0 amide bonds. The number of hydrogen-bond acceptors (Lipinski definition) is 3. The maximum Gasteiger partial charge on any atom is 0.323 e. The zero-order chi connectivity index (χ0) is 16.4. The average Bonchev–Trinajstić information content (AvgIpc) is 2.91. The molecule has 0 aliphatic carbocycles. The highest BCUT2D eigenvalue weighted by Crippen LogP contribution is 2.19. The van der Waals surface area contributed by atoms with Gasteiger partial charge in [-0.15, -0.1) is 0 Å². The van der Waals surface area contributed by atoms with E-state index in [1.807, 2.05) is 25.1 Å². The van der Waals surface area contributed by atoms with Gasteiger partial charge in [-0.25, -0.2) is 4.79 Å². The SMILES string of the molecule is COc1ccc(C=CC(=O)c2ccc3[nH]c(=O)[nH]c3c2)cc1C. The van der Waals surface area contributed by atoms with Crippen molar-refractivity contribution in [1.82, 2.24) is 9.97 Å². The number of nitrogens with one attached hydrogen (secondary N) is 2. The maximum absolute atomic E-state index is 12.3. The summed E-state index contributed by atoms with van der Waals surface area (Å²) < 4.78 is 5.21. The Morgan fingerprint density at radius 1 is 1.09 bits per heavy atom. The van der Waals surface area contributed by atoms with Crippen molar-refractivity contribution < 1.29 is 9.53 Å². The van der Waals surface area contributed by atoms with Crippen molar-refractivity contribution >= 4 is 22.9 Å². The van der Waals surface area contributed by atoms with Gasteiger partial charge >= 0.3 is 5.69 Å². The summed E-state index contributed by atoms with van der Waals surface area (Å²) in [7, 11) is 1.63. The lowest BCUT2D eigenvalue weighted by molar-refractivity contribution is 0.104. The van der Waals surface area contributed by atoms with Crippen LogP contribution in [-0.4, -0.2) is 22.9 Å². The van der Waals surface area contributed by atoms with Crippen LogP contribution in [0.1, 0.15) is 21.5 Å². The normalized spacial score (nSPS) is 11.2. The number of allylic oxidation sites excluding steroid dienone is 1. The van der Waals surface area contributed by atoms with Gasteiger partial charge in [-0.3, -0.25) is 4.79 Å². The summed E-state index contributed by atoms with van der Waals surface area (Å²) >= 11 is 0. The van der Waals surface area contributed by atoms with Crippen LogP contribution in [0.3, 0.4) is 0 Å². The quantitative estimate of drug-likeness (QED) is 0.574. The van der Waals surface area contributed by atoms with Crippen LogP contribution in [0.2, 0.25) is 0 Å². The third kappa shape index (κ3) is 3.08. The molecule has 0 unspecified atom stereocenters. The van der Waals surface area contributed by atoms with Crippen molar-refractivity contribution in [3.05, 3.63) is 69.6 Å². The summed E-state index contributed by atoms with van der Waals surface area (Å²) in [4.78, 5) is 28.8. The second kappa shape index (κ2) is 5.96. The number of carbonyl (C=O) groups excluding carboxylic acids is 1. The predicted octanol–water partition coefficient (Wildman–Crippen LogP) is 3.07. The van der Waals surface area contributed by atoms with Gasteiger partial charge in [0.2, 0.25) is 0 Å². The molecule has 3 rings (SSSR count). The van der Waals surface area contributed by atoms with Gasteiger partial charge < -0.3 is 14.7 Å². The number of hydrogen-bond donors (Lipinski definition) is 2. The summed E-state index contributed by atoms with van der Waals surface area (Å²) in [5, 5.41) is 0. The first kappa shape index (κ1) is 14.8. The molecule has 2 aromatic carbocycles. The van der Waals surface area contributed by atoms with Crippen molar-refractivity contribution in [3.63, 3.8) is 0 Å². The Hall–Kier alpha value is -3.08. The molecule has 5 nitrogen and oxygen atoms in total. The Bertz CT molecular complexity index is 964. The fraction of sp³-hybridized carbons (Fsp3) is 0.111. The first-order chi connectivity index (χ1) is 11.1. The van der Waals surface area contributed by atoms with E-state index >= 15 is 0 Å². The topological polar surface area (TPSA) is 75.0 Å². The fourth-order valence-corrected chi connectivity index (χ4v) is 2.46. The van der Waals surface area contributed by atoms with Crippen molar-refractivity contribution in [2.75, 3.05) is 7.11 Å². The molecule has 0 bridgehead atoms. The molecule has 0 saturated heterocycles. The number of rotatable bonds is 4. The van der Waals surface area contributed by atoms with E-state index in [2.05, 4.69) is 9.97 Å². The molecule has 23 heavy (non-hydrogen) atoms. The predicted molar refractivity (Wildman–Crippen MR) is 90.0 cm³/mol. The molecule has 0 fully saturated rings. The second-order valence-corrected chi connectivity index (χ2v) is 5.27. The summed E-state index contributed by atoms with van der Waals surface area (Å²) in [5.41, 5.74) is 3.47. The van der Waals surface area contributed by atoms with E-state index in [0.29, 0.717) is 16.6 Å². The molecule has 3 aromatic rings. The Morgan fingerprint density at radius 2 is 1.87 bits per heavy atom. The molecule has 0 atom stereocenters. The molecule has 0 radical (unpaired) electrons. The zero-order valence-corrected chi connectivity index (χ0v) is 12.8. The summed E-state index contributed by atoms with van der Waals surface area (Å²) in [6, 6.07) is 10.8. The lowest BCUT2D eigenvalue weighted by Crippen LogP contribution is -1.99. The number of ether oxygens (including phenoxy) is 1. The van der Waals surface area contributed by atoms with Crippen LogP contribution >= 0.6 is 0 Å². The Morgan fingerprint density at radius 3 is 2.61 bits per heavy atom. The van der Waals surface area contributed by atoms with E-state index in [0.717, 1.165) is 16.9 Å². The van der Waals surface area contributed by atoms with Gasteiger partial charge in [0.25, 0.3) is 0 Å². The van der Waals surface area contributed by atoms with Crippen LogP contribution < -0.4 is 10.4 Å². The molecular formula is C18H16N2O3. The third-order valence-corrected chi connectivity index (χ3v) is 3.65. The molecule has 1 heterocycles. The van der Waals surface area contributed by atoms with Crippen molar-refractivity contribution in [2.45, 2.75) is 6.92 Å². The molecule has 2 N–H and O–H groups in total. The fourth-order valence-electron chi connectivity index (χ4n) is 2.46. The van der Waals surface area contributed by atoms with E-state index in [-0.39, 0.29) is 11.5 Å². The molecule has 0 aliphatic heterocycles. The van der Waals surface area contributed by atoms with Crippen LogP contribution in [0.5, 0.6) is 5.75 Å². The maximum atomic E-state index is 12.3. The Kier molecular flexibility index (Phi) is 3.85. The number of benzene rings is 2. The number of aromatic amines is 2. The van der Waals surface area contributed by atoms with Gasteiger partial charge in [0, 0.05) is 5.56 Å². The van der Waals surface area contributed by atoms with Gasteiger partial charge in [-0.1, -0.05) is 12.1 Å². The van der Waals surface area contributed by atoms with E-state index in [9.17, 15) is 9.59 Å². The third-order valence-electron chi connectivity index (χ3n) is 3.65. The van der Waals surface area contributed by atoms with E-state index in [1.54, 1.807) is 31.4 Å². The monoisotopic (exact) mass is 308 g/mol. The highest BCUT2D eigenvalue weighted by Gasteiger charge is 2.05. The van der Waals surface area contributed by atoms with E-state index < -0.39 is 0 Å². The summed E-state index contributed by atoms with van der Waals surface area (Å²) in [6.07, 6.45) is 3.28. The number of imidazole rings is 1. The number of H-pyrrole nitrogens is 2. The molecule has 1 aromatic heterocycles. The van der Waals surface area contributed by atoms with Crippen LogP contribution in [-0.2, 0) is 0 Å². The molecular weight excluding hydrogens is 292 g/mol. The number of carbonyl (C=O) groups is 1. The molecule has 0 aliphatic rings. The van der Waals surface area contributed by atoms with Crippen molar-refractivity contribution in [2.24, 2.45) is 0 Å². The van der Waals surface area contributed by atoms with Crippen LogP contribution in [0.15, 0.2) is 47.3 Å². The Labute approximate surface area is 132 Å². The number of ketones is 1. The molecule has 5 heteroatoms. The largest absolute Gasteiger partial charge is 0.496 e. The summed E-state index contributed by atoms with van der Waals surface area (Å²) in [6.45, 7) is 1.95. The van der Waals surface area contributed by atoms with E-state index in [1.165, 1.54) is 6.08 Å². The lowest BCUT2D eigenvalue weighted by Gasteiger charge is -2.04. The summed E-state index contributed by atoms with van der Waals surface area (Å²) in [5.74, 6) is 0.692. The standard InChI is InChI=1S/C18H16N2O3/c1-11-9-12(4-8-17(11)23-2)3-7-16(21)13-5-6-14-15(10-13)20-18(22)19-14/h3-10H,1-2H3,(H2,19,20,22). The van der Waals surface area contributed by atoms with Crippen molar-refractivity contribution in [3.8, 4) is 5.75 Å².